The highest BCUT2D eigenvalue weighted by Gasteiger charge is 2.23. The standard InChI is InChI=1S/C18H24N6O2/c1-10(2)22-18-23-15-9-20-11(3)7-13(15)17(26)24(18)12-5-6-14(21-8-12)16(25)19-4/h5-6,8,10-11,20H,7,9H2,1-4H3,(H,19,25)(H,22,23)/t11-/m1/s1. The lowest BCUT2D eigenvalue weighted by molar-refractivity contribution is 0.0958. The van der Waals surface area contributed by atoms with Crippen LogP contribution in [-0.2, 0) is 13.0 Å². The minimum atomic E-state index is -0.270. The number of rotatable bonds is 4. The van der Waals surface area contributed by atoms with Gasteiger partial charge >= 0.3 is 0 Å². The van der Waals surface area contributed by atoms with Crippen molar-refractivity contribution in [3.8, 4) is 5.69 Å². The van der Waals surface area contributed by atoms with Crippen molar-refractivity contribution < 1.29 is 4.79 Å². The molecule has 3 rings (SSSR count). The van der Waals surface area contributed by atoms with Crippen LogP contribution in [0.15, 0.2) is 23.1 Å². The van der Waals surface area contributed by atoms with Crippen LogP contribution in [0.4, 0.5) is 5.95 Å². The lowest BCUT2D eigenvalue weighted by atomic mass is 10.0. The Morgan fingerprint density at radius 2 is 2.15 bits per heavy atom. The molecule has 8 heteroatoms. The summed E-state index contributed by atoms with van der Waals surface area (Å²) in [5.74, 6) is 0.211. The second-order valence-electron chi connectivity index (χ2n) is 6.77. The third kappa shape index (κ3) is 3.45. The van der Waals surface area contributed by atoms with E-state index in [1.165, 1.54) is 10.8 Å². The summed E-state index contributed by atoms with van der Waals surface area (Å²) in [6, 6.07) is 3.65. The number of carbonyl (C=O) groups is 1. The summed E-state index contributed by atoms with van der Waals surface area (Å²) in [5, 5.41) is 9.11. The van der Waals surface area contributed by atoms with E-state index in [1.807, 2.05) is 20.8 Å². The highest BCUT2D eigenvalue weighted by atomic mass is 16.1. The maximum absolute atomic E-state index is 13.2. The maximum Gasteiger partial charge on any atom is 0.269 e. The Morgan fingerprint density at radius 1 is 1.38 bits per heavy atom. The van der Waals surface area contributed by atoms with Crippen LogP contribution in [0.2, 0.25) is 0 Å². The summed E-state index contributed by atoms with van der Waals surface area (Å²) >= 11 is 0. The molecule has 26 heavy (non-hydrogen) atoms. The van der Waals surface area contributed by atoms with Gasteiger partial charge in [0.05, 0.1) is 17.6 Å². The van der Waals surface area contributed by atoms with Crippen molar-refractivity contribution in [1.29, 1.82) is 0 Å². The van der Waals surface area contributed by atoms with Crippen LogP contribution in [0, 0.1) is 0 Å². The number of carbonyl (C=O) groups excluding carboxylic acids is 1. The Bertz CT molecular complexity index is 872. The molecule has 0 radical (unpaired) electrons. The number of hydrogen-bond donors (Lipinski definition) is 3. The molecule has 2 aromatic rings. The first kappa shape index (κ1) is 18.1. The van der Waals surface area contributed by atoms with Gasteiger partial charge in [-0.2, -0.15) is 0 Å². The fourth-order valence-electron chi connectivity index (χ4n) is 2.98. The second kappa shape index (κ2) is 7.25. The number of nitrogens with one attached hydrogen (secondary N) is 3. The van der Waals surface area contributed by atoms with E-state index < -0.39 is 0 Å². The number of pyridine rings is 1. The quantitative estimate of drug-likeness (QED) is 0.751. The molecule has 3 N–H and O–H groups in total. The predicted molar refractivity (Wildman–Crippen MR) is 99.8 cm³/mol. The summed E-state index contributed by atoms with van der Waals surface area (Å²) in [6.07, 6.45) is 2.16. The van der Waals surface area contributed by atoms with Crippen LogP contribution >= 0.6 is 0 Å². The molecule has 0 unspecified atom stereocenters. The summed E-state index contributed by atoms with van der Waals surface area (Å²) in [4.78, 5) is 33.7. The number of nitrogens with zero attached hydrogens (tertiary/aromatic N) is 3. The van der Waals surface area contributed by atoms with E-state index in [0.717, 1.165) is 11.3 Å². The van der Waals surface area contributed by atoms with E-state index >= 15 is 0 Å². The molecular weight excluding hydrogens is 332 g/mol. The Hall–Kier alpha value is -2.74. The predicted octanol–water partition coefficient (Wildman–Crippen LogP) is 0.842. The molecule has 1 amide bonds. The first-order valence-corrected chi connectivity index (χ1v) is 8.74. The minimum Gasteiger partial charge on any atom is -0.354 e. The second-order valence-corrected chi connectivity index (χ2v) is 6.77. The lowest BCUT2D eigenvalue weighted by Gasteiger charge is -2.25. The number of amides is 1. The summed E-state index contributed by atoms with van der Waals surface area (Å²) in [6.45, 7) is 6.60. The first-order chi connectivity index (χ1) is 12.4. The van der Waals surface area contributed by atoms with Gasteiger partial charge in [0.1, 0.15) is 5.69 Å². The summed E-state index contributed by atoms with van der Waals surface area (Å²) < 4.78 is 1.54. The average Bonchev–Trinajstić information content (AvgIpc) is 2.62. The Balaban J connectivity index is 2.13. The van der Waals surface area contributed by atoms with Crippen LogP contribution < -0.4 is 21.5 Å². The van der Waals surface area contributed by atoms with Gasteiger partial charge in [0.2, 0.25) is 5.95 Å². The lowest BCUT2D eigenvalue weighted by Crippen LogP contribution is -2.40. The Kier molecular flexibility index (Phi) is 5.03. The van der Waals surface area contributed by atoms with E-state index in [1.54, 1.807) is 19.2 Å². The van der Waals surface area contributed by atoms with Gasteiger partial charge in [0.15, 0.2) is 0 Å². The van der Waals surface area contributed by atoms with Crippen molar-refractivity contribution in [1.82, 2.24) is 25.2 Å². The van der Waals surface area contributed by atoms with Crippen LogP contribution in [0.1, 0.15) is 42.5 Å². The van der Waals surface area contributed by atoms with Gasteiger partial charge in [-0.15, -0.1) is 0 Å². The van der Waals surface area contributed by atoms with E-state index in [2.05, 4.69) is 25.9 Å². The first-order valence-electron chi connectivity index (χ1n) is 8.74. The fraction of sp³-hybridized carbons (Fsp3) is 0.444. The molecule has 8 nitrogen and oxygen atoms in total. The Labute approximate surface area is 152 Å². The van der Waals surface area contributed by atoms with Gasteiger partial charge in [-0.05, 0) is 39.3 Å². The smallest absolute Gasteiger partial charge is 0.269 e. The molecule has 0 spiro atoms. The van der Waals surface area contributed by atoms with Crippen molar-refractivity contribution in [3.63, 3.8) is 0 Å². The van der Waals surface area contributed by atoms with Crippen molar-refractivity contribution in [2.24, 2.45) is 0 Å². The zero-order valence-corrected chi connectivity index (χ0v) is 15.5. The van der Waals surface area contributed by atoms with Crippen LogP contribution in [-0.4, -0.2) is 39.6 Å². The van der Waals surface area contributed by atoms with Gasteiger partial charge in [0, 0.05) is 31.2 Å². The molecule has 2 aromatic heterocycles. The van der Waals surface area contributed by atoms with E-state index in [4.69, 9.17) is 0 Å². The average molecular weight is 356 g/mol. The van der Waals surface area contributed by atoms with Crippen LogP contribution in [0.25, 0.3) is 5.69 Å². The third-order valence-electron chi connectivity index (χ3n) is 4.27. The number of fused-ring (bicyclic) bond motifs is 1. The highest BCUT2D eigenvalue weighted by Crippen LogP contribution is 2.18. The molecule has 3 heterocycles. The zero-order chi connectivity index (χ0) is 18.8. The van der Waals surface area contributed by atoms with Gasteiger partial charge in [-0.25, -0.2) is 14.5 Å². The summed E-state index contributed by atoms with van der Waals surface area (Å²) in [7, 11) is 1.55. The van der Waals surface area contributed by atoms with Crippen LogP contribution in [0.3, 0.4) is 0 Å². The zero-order valence-electron chi connectivity index (χ0n) is 15.5. The van der Waals surface area contributed by atoms with Crippen LogP contribution in [0.5, 0.6) is 0 Å². The molecule has 0 aliphatic carbocycles. The fourth-order valence-corrected chi connectivity index (χ4v) is 2.98. The number of anilines is 1. The van der Waals surface area contributed by atoms with Crippen molar-refractivity contribution in [2.45, 2.75) is 45.8 Å². The van der Waals surface area contributed by atoms with Gasteiger partial charge in [-0.1, -0.05) is 0 Å². The summed E-state index contributed by atoms with van der Waals surface area (Å²) in [5.41, 5.74) is 2.28. The molecule has 1 atom stereocenters. The molecule has 1 aliphatic rings. The molecule has 0 fully saturated rings. The molecule has 0 aromatic carbocycles. The number of aromatic nitrogens is 3. The Morgan fingerprint density at radius 3 is 2.77 bits per heavy atom. The largest absolute Gasteiger partial charge is 0.354 e. The topological polar surface area (TPSA) is 101 Å². The SMILES string of the molecule is CNC(=O)c1ccc(-n2c(NC(C)C)nc3c(c2=O)C[C@@H](C)NC3)cn1. The number of hydrogen-bond acceptors (Lipinski definition) is 6. The minimum absolute atomic E-state index is 0.0963. The van der Waals surface area contributed by atoms with E-state index in [9.17, 15) is 9.59 Å². The normalized spacial score (nSPS) is 16.3. The highest BCUT2D eigenvalue weighted by molar-refractivity contribution is 5.92. The molecule has 1 aliphatic heterocycles. The molecule has 0 bridgehead atoms. The van der Waals surface area contributed by atoms with Gasteiger partial charge in [-0.3, -0.25) is 9.59 Å². The van der Waals surface area contributed by atoms with Gasteiger partial charge < -0.3 is 16.0 Å². The third-order valence-corrected chi connectivity index (χ3v) is 4.27. The van der Waals surface area contributed by atoms with E-state index in [0.29, 0.717) is 30.3 Å². The maximum atomic E-state index is 13.2. The monoisotopic (exact) mass is 356 g/mol. The molecule has 0 saturated carbocycles. The molecule has 0 saturated heterocycles. The van der Waals surface area contributed by atoms with Gasteiger partial charge in [0.25, 0.3) is 11.5 Å². The van der Waals surface area contributed by atoms with Crippen molar-refractivity contribution >= 4 is 11.9 Å². The molecular formula is C18H24N6O2. The molecule has 138 valence electrons. The van der Waals surface area contributed by atoms with Crippen molar-refractivity contribution in [2.75, 3.05) is 12.4 Å². The van der Waals surface area contributed by atoms with Crippen molar-refractivity contribution in [3.05, 3.63) is 45.6 Å². The van der Waals surface area contributed by atoms with E-state index in [-0.39, 0.29) is 23.6 Å².